The number of carbonyl (C=O) groups is 1. The van der Waals surface area contributed by atoms with Crippen LogP contribution in [-0.2, 0) is 4.79 Å². The Morgan fingerprint density at radius 2 is 1.65 bits per heavy atom. The van der Waals surface area contributed by atoms with Crippen LogP contribution in [0.4, 0.5) is 13.2 Å². The summed E-state index contributed by atoms with van der Waals surface area (Å²) in [7, 11) is 0. The van der Waals surface area contributed by atoms with Gasteiger partial charge in [-0.1, -0.05) is 32.6 Å². The first kappa shape index (κ1) is 20.6. The van der Waals surface area contributed by atoms with Crippen LogP contribution in [0.1, 0.15) is 58.3 Å². The molecule has 1 aliphatic carbocycles. The number of benzene rings is 1. The average molecular weight is 372 g/mol. The van der Waals surface area contributed by atoms with Crippen molar-refractivity contribution in [1.29, 1.82) is 0 Å². The van der Waals surface area contributed by atoms with Crippen molar-refractivity contribution in [3.63, 3.8) is 0 Å². The number of carbonyl (C=O) groups excluding carboxylic acids is 1. The van der Waals surface area contributed by atoms with Gasteiger partial charge in [0.1, 0.15) is 11.5 Å². The highest BCUT2D eigenvalue weighted by Gasteiger charge is 2.29. The summed E-state index contributed by atoms with van der Waals surface area (Å²) in [4.78, 5) is 12.3. The van der Waals surface area contributed by atoms with Crippen molar-refractivity contribution >= 4 is 5.97 Å². The minimum atomic E-state index is -4.37. The van der Waals surface area contributed by atoms with Crippen molar-refractivity contribution in [2.24, 2.45) is 11.8 Å². The third-order valence-electron chi connectivity index (χ3n) is 4.84. The lowest BCUT2D eigenvalue weighted by Crippen LogP contribution is -2.25. The van der Waals surface area contributed by atoms with Crippen LogP contribution in [0.3, 0.4) is 0 Å². The van der Waals surface area contributed by atoms with Crippen LogP contribution < -0.4 is 9.47 Å². The Labute approximate surface area is 152 Å². The molecule has 0 spiro atoms. The third kappa shape index (κ3) is 7.26. The average Bonchev–Trinajstić information content (AvgIpc) is 2.61. The van der Waals surface area contributed by atoms with Gasteiger partial charge in [0.15, 0.2) is 6.61 Å². The maximum absolute atomic E-state index is 12.3. The molecule has 3 nitrogen and oxygen atoms in total. The smallest absolute Gasteiger partial charge is 0.422 e. The molecular formula is C20H27F3O3. The molecule has 0 N–H and O–H groups in total. The summed E-state index contributed by atoms with van der Waals surface area (Å²) in [6.07, 6.45) is 4.45. The van der Waals surface area contributed by atoms with Gasteiger partial charge in [-0.3, -0.25) is 4.79 Å². The van der Waals surface area contributed by atoms with Crippen LogP contribution in [0.25, 0.3) is 0 Å². The molecule has 146 valence electrons. The highest BCUT2D eigenvalue weighted by Crippen LogP contribution is 2.33. The van der Waals surface area contributed by atoms with Gasteiger partial charge in [0.25, 0.3) is 0 Å². The van der Waals surface area contributed by atoms with Gasteiger partial charge in [0.05, 0.1) is 5.92 Å². The number of unbranched alkanes of at least 4 members (excludes halogenated alkanes) is 2. The van der Waals surface area contributed by atoms with Crippen molar-refractivity contribution in [1.82, 2.24) is 0 Å². The molecule has 0 amide bonds. The molecule has 0 unspecified atom stereocenters. The molecule has 6 heteroatoms. The highest BCUT2D eigenvalue weighted by molar-refractivity contribution is 5.75. The van der Waals surface area contributed by atoms with E-state index in [9.17, 15) is 18.0 Å². The van der Waals surface area contributed by atoms with Gasteiger partial charge in [-0.25, -0.2) is 0 Å². The van der Waals surface area contributed by atoms with Gasteiger partial charge in [-0.2, -0.15) is 13.2 Å². The first-order chi connectivity index (χ1) is 12.4. The Morgan fingerprint density at radius 1 is 1.04 bits per heavy atom. The van der Waals surface area contributed by atoms with Crippen molar-refractivity contribution in [3.8, 4) is 11.5 Å². The van der Waals surface area contributed by atoms with E-state index in [1.165, 1.54) is 49.9 Å². The zero-order valence-corrected chi connectivity index (χ0v) is 15.2. The Morgan fingerprint density at radius 3 is 2.23 bits per heavy atom. The molecule has 0 radical (unpaired) electrons. The van der Waals surface area contributed by atoms with Crippen LogP contribution in [-0.4, -0.2) is 18.8 Å². The first-order valence-corrected chi connectivity index (χ1v) is 9.38. The standard InChI is InChI=1S/C20H27F3O3/c1-2-3-4-5-15-6-8-16(9-7-15)19(24)26-18-12-10-17(11-13-18)25-14-20(21,22)23/h10-13,15-16H,2-9,14H2,1H3. The second-order valence-corrected chi connectivity index (χ2v) is 7.01. The van der Waals surface area contributed by atoms with Gasteiger partial charge < -0.3 is 9.47 Å². The molecule has 0 aliphatic heterocycles. The summed E-state index contributed by atoms with van der Waals surface area (Å²) in [6.45, 7) is 0.857. The summed E-state index contributed by atoms with van der Waals surface area (Å²) in [5.41, 5.74) is 0. The van der Waals surface area contributed by atoms with Gasteiger partial charge >= 0.3 is 12.1 Å². The SMILES string of the molecule is CCCCCC1CCC(C(=O)Oc2ccc(OCC(F)(F)F)cc2)CC1. The lowest BCUT2D eigenvalue weighted by atomic mass is 9.80. The fraction of sp³-hybridized carbons (Fsp3) is 0.650. The largest absolute Gasteiger partial charge is 0.484 e. The zero-order valence-electron chi connectivity index (χ0n) is 15.2. The van der Waals surface area contributed by atoms with Crippen LogP contribution in [0.2, 0.25) is 0 Å². The number of hydrogen-bond acceptors (Lipinski definition) is 3. The molecular weight excluding hydrogens is 345 g/mol. The van der Waals surface area contributed by atoms with E-state index >= 15 is 0 Å². The van der Waals surface area contributed by atoms with E-state index in [1.54, 1.807) is 0 Å². The molecule has 0 saturated heterocycles. The normalized spacial score (nSPS) is 20.6. The molecule has 1 fully saturated rings. The monoisotopic (exact) mass is 372 g/mol. The Balaban J connectivity index is 1.74. The summed E-state index contributed by atoms with van der Waals surface area (Å²) >= 11 is 0. The number of hydrogen-bond donors (Lipinski definition) is 0. The fourth-order valence-electron chi connectivity index (χ4n) is 3.34. The molecule has 2 rings (SSSR count). The maximum Gasteiger partial charge on any atom is 0.422 e. The Hall–Kier alpha value is -1.72. The lowest BCUT2D eigenvalue weighted by molar-refractivity contribution is -0.153. The van der Waals surface area contributed by atoms with Crippen LogP contribution in [0.5, 0.6) is 11.5 Å². The van der Waals surface area contributed by atoms with E-state index in [-0.39, 0.29) is 17.6 Å². The predicted molar refractivity (Wildman–Crippen MR) is 93.2 cm³/mol. The first-order valence-electron chi connectivity index (χ1n) is 9.38. The zero-order chi connectivity index (χ0) is 19.0. The van der Waals surface area contributed by atoms with Crippen molar-refractivity contribution in [2.45, 2.75) is 64.5 Å². The Kier molecular flexibility index (Phi) is 7.79. The topological polar surface area (TPSA) is 35.5 Å². The molecule has 1 aromatic rings. The highest BCUT2D eigenvalue weighted by atomic mass is 19.4. The molecule has 0 atom stereocenters. The van der Waals surface area contributed by atoms with E-state index in [0.717, 1.165) is 31.6 Å². The molecule has 0 bridgehead atoms. The van der Waals surface area contributed by atoms with E-state index in [2.05, 4.69) is 11.7 Å². The molecule has 1 aromatic carbocycles. The van der Waals surface area contributed by atoms with E-state index in [1.807, 2.05) is 0 Å². The molecule has 26 heavy (non-hydrogen) atoms. The molecule has 0 heterocycles. The second-order valence-electron chi connectivity index (χ2n) is 7.01. The van der Waals surface area contributed by atoms with Gasteiger partial charge in [0, 0.05) is 0 Å². The summed E-state index contributed by atoms with van der Waals surface area (Å²) in [5, 5.41) is 0. The maximum atomic E-state index is 12.3. The summed E-state index contributed by atoms with van der Waals surface area (Å²) in [5.74, 6) is 0.810. The second kappa shape index (κ2) is 9.83. The summed E-state index contributed by atoms with van der Waals surface area (Å²) in [6, 6.07) is 5.66. The number of rotatable bonds is 8. The fourth-order valence-corrected chi connectivity index (χ4v) is 3.34. The minimum Gasteiger partial charge on any atom is -0.484 e. The van der Waals surface area contributed by atoms with Gasteiger partial charge in [-0.05, 0) is 55.9 Å². The summed E-state index contributed by atoms with van der Waals surface area (Å²) < 4.78 is 46.4. The minimum absolute atomic E-state index is 0.0846. The number of ether oxygens (including phenoxy) is 2. The number of halogens is 3. The molecule has 0 aromatic heterocycles. The quantitative estimate of drug-likeness (QED) is 0.323. The third-order valence-corrected chi connectivity index (χ3v) is 4.84. The molecule has 1 aliphatic rings. The lowest BCUT2D eigenvalue weighted by Gasteiger charge is -2.27. The van der Waals surface area contributed by atoms with Crippen LogP contribution >= 0.6 is 0 Å². The van der Waals surface area contributed by atoms with Crippen LogP contribution in [0, 0.1) is 11.8 Å². The number of esters is 1. The van der Waals surface area contributed by atoms with E-state index in [4.69, 9.17) is 4.74 Å². The van der Waals surface area contributed by atoms with Crippen molar-refractivity contribution in [2.75, 3.05) is 6.61 Å². The van der Waals surface area contributed by atoms with E-state index < -0.39 is 12.8 Å². The Bertz CT molecular complexity index is 546. The van der Waals surface area contributed by atoms with Gasteiger partial charge in [-0.15, -0.1) is 0 Å². The van der Waals surface area contributed by atoms with Crippen molar-refractivity contribution < 1.29 is 27.4 Å². The van der Waals surface area contributed by atoms with Gasteiger partial charge in [0.2, 0.25) is 0 Å². The predicted octanol–water partition coefficient (Wildman–Crippen LogP) is 5.92. The number of alkyl halides is 3. The van der Waals surface area contributed by atoms with Crippen LogP contribution in [0.15, 0.2) is 24.3 Å². The van der Waals surface area contributed by atoms with E-state index in [0.29, 0.717) is 5.75 Å². The molecule has 1 saturated carbocycles. The van der Waals surface area contributed by atoms with Crippen molar-refractivity contribution in [3.05, 3.63) is 24.3 Å².